The van der Waals surface area contributed by atoms with E-state index in [1.807, 2.05) is 36.1 Å². The maximum Gasteiger partial charge on any atom is 0.237 e. The zero-order valence-electron chi connectivity index (χ0n) is 13.2. The van der Waals surface area contributed by atoms with Crippen LogP contribution in [0, 0.1) is 6.92 Å². The third kappa shape index (κ3) is 4.79. The SMILES string of the molecule is Cc1ccccc1CN1CCNC(=O)[C@H]1CC(=O)NCC(N)=O. The number of primary amides is 1. The zero-order valence-corrected chi connectivity index (χ0v) is 13.2. The Kier molecular flexibility index (Phi) is 5.70. The molecule has 0 aliphatic carbocycles. The Balaban J connectivity index is 2.04. The van der Waals surface area contributed by atoms with E-state index in [9.17, 15) is 14.4 Å². The lowest BCUT2D eigenvalue weighted by Gasteiger charge is -2.35. The molecule has 23 heavy (non-hydrogen) atoms. The molecule has 124 valence electrons. The van der Waals surface area contributed by atoms with Crippen LogP contribution in [-0.2, 0) is 20.9 Å². The molecule has 1 saturated heterocycles. The fourth-order valence-corrected chi connectivity index (χ4v) is 2.61. The van der Waals surface area contributed by atoms with Crippen LogP contribution < -0.4 is 16.4 Å². The van der Waals surface area contributed by atoms with Crippen LogP contribution >= 0.6 is 0 Å². The Bertz CT molecular complexity index is 603. The van der Waals surface area contributed by atoms with Crippen molar-refractivity contribution in [1.82, 2.24) is 15.5 Å². The summed E-state index contributed by atoms with van der Waals surface area (Å²) in [6.07, 6.45) is 0.00495. The molecular formula is C16H22N4O3. The summed E-state index contributed by atoms with van der Waals surface area (Å²) in [6.45, 7) is 3.64. The number of rotatable bonds is 6. The van der Waals surface area contributed by atoms with Gasteiger partial charge in [-0.15, -0.1) is 0 Å². The minimum absolute atomic E-state index is 0.00495. The molecule has 1 aliphatic heterocycles. The van der Waals surface area contributed by atoms with Gasteiger partial charge in [0.2, 0.25) is 17.7 Å². The lowest BCUT2D eigenvalue weighted by atomic mass is 10.0. The summed E-state index contributed by atoms with van der Waals surface area (Å²) in [6, 6.07) is 7.42. The first-order valence-electron chi connectivity index (χ1n) is 7.58. The highest BCUT2D eigenvalue weighted by molar-refractivity contribution is 5.90. The lowest BCUT2D eigenvalue weighted by Crippen LogP contribution is -2.56. The van der Waals surface area contributed by atoms with Gasteiger partial charge in [0.25, 0.3) is 0 Å². The summed E-state index contributed by atoms with van der Waals surface area (Å²) in [4.78, 5) is 36.7. The van der Waals surface area contributed by atoms with Crippen LogP contribution in [0.4, 0.5) is 0 Å². The van der Waals surface area contributed by atoms with Crippen molar-refractivity contribution < 1.29 is 14.4 Å². The molecule has 1 fully saturated rings. The van der Waals surface area contributed by atoms with E-state index in [2.05, 4.69) is 10.6 Å². The van der Waals surface area contributed by atoms with Crippen LogP contribution in [0.5, 0.6) is 0 Å². The maximum absolute atomic E-state index is 12.1. The predicted molar refractivity (Wildman–Crippen MR) is 85.2 cm³/mol. The first kappa shape index (κ1) is 17.0. The third-order valence-corrected chi connectivity index (χ3v) is 3.91. The van der Waals surface area contributed by atoms with Crippen LogP contribution in [-0.4, -0.2) is 48.3 Å². The van der Waals surface area contributed by atoms with Gasteiger partial charge < -0.3 is 16.4 Å². The minimum atomic E-state index is -0.608. The minimum Gasteiger partial charge on any atom is -0.368 e. The lowest BCUT2D eigenvalue weighted by molar-refractivity contribution is -0.134. The van der Waals surface area contributed by atoms with E-state index >= 15 is 0 Å². The van der Waals surface area contributed by atoms with Gasteiger partial charge in [0.1, 0.15) is 0 Å². The van der Waals surface area contributed by atoms with Crippen LogP contribution in [0.1, 0.15) is 17.5 Å². The van der Waals surface area contributed by atoms with Crippen LogP contribution in [0.2, 0.25) is 0 Å². The van der Waals surface area contributed by atoms with Crippen molar-refractivity contribution in [2.24, 2.45) is 5.73 Å². The van der Waals surface area contributed by atoms with Gasteiger partial charge >= 0.3 is 0 Å². The molecule has 0 unspecified atom stereocenters. The zero-order chi connectivity index (χ0) is 16.8. The number of aryl methyl sites for hydroxylation is 1. The molecule has 7 nitrogen and oxygen atoms in total. The highest BCUT2D eigenvalue weighted by atomic mass is 16.2. The average Bonchev–Trinajstić information content (AvgIpc) is 2.51. The smallest absolute Gasteiger partial charge is 0.237 e. The predicted octanol–water partition coefficient (Wildman–Crippen LogP) is -0.713. The number of nitrogens with one attached hydrogen (secondary N) is 2. The summed E-state index contributed by atoms with van der Waals surface area (Å²) >= 11 is 0. The number of nitrogens with zero attached hydrogens (tertiary/aromatic N) is 1. The number of carbonyl (C=O) groups is 3. The van der Waals surface area contributed by atoms with E-state index in [0.29, 0.717) is 19.6 Å². The van der Waals surface area contributed by atoms with Crippen molar-refractivity contribution in [1.29, 1.82) is 0 Å². The van der Waals surface area contributed by atoms with Crippen LogP contribution in [0.3, 0.4) is 0 Å². The summed E-state index contributed by atoms with van der Waals surface area (Å²) in [5.74, 6) is -1.14. The molecule has 4 N–H and O–H groups in total. The number of benzene rings is 1. The van der Waals surface area contributed by atoms with Gasteiger partial charge in [0.15, 0.2) is 0 Å². The van der Waals surface area contributed by atoms with E-state index in [0.717, 1.165) is 11.1 Å². The van der Waals surface area contributed by atoms with Crippen molar-refractivity contribution in [3.8, 4) is 0 Å². The van der Waals surface area contributed by atoms with Gasteiger partial charge in [-0.1, -0.05) is 24.3 Å². The van der Waals surface area contributed by atoms with Crippen molar-refractivity contribution >= 4 is 17.7 Å². The van der Waals surface area contributed by atoms with Gasteiger partial charge in [0, 0.05) is 19.6 Å². The summed E-state index contributed by atoms with van der Waals surface area (Å²) in [7, 11) is 0. The molecule has 0 spiro atoms. The van der Waals surface area contributed by atoms with Crippen molar-refractivity contribution in [2.75, 3.05) is 19.6 Å². The Morgan fingerprint density at radius 1 is 1.39 bits per heavy atom. The molecule has 3 amide bonds. The average molecular weight is 318 g/mol. The second kappa shape index (κ2) is 7.73. The maximum atomic E-state index is 12.1. The summed E-state index contributed by atoms with van der Waals surface area (Å²) in [5, 5.41) is 5.21. The monoisotopic (exact) mass is 318 g/mol. The van der Waals surface area contributed by atoms with E-state index < -0.39 is 11.9 Å². The number of hydrogen-bond acceptors (Lipinski definition) is 4. The van der Waals surface area contributed by atoms with E-state index in [4.69, 9.17) is 5.73 Å². The summed E-state index contributed by atoms with van der Waals surface area (Å²) < 4.78 is 0. The van der Waals surface area contributed by atoms with Crippen molar-refractivity contribution in [2.45, 2.75) is 25.9 Å². The fourth-order valence-electron chi connectivity index (χ4n) is 2.61. The number of hydrogen-bond donors (Lipinski definition) is 3. The molecule has 7 heteroatoms. The first-order valence-corrected chi connectivity index (χ1v) is 7.58. The molecule has 0 aromatic heterocycles. The normalized spacial score (nSPS) is 18.3. The second-order valence-corrected chi connectivity index (χ2v) is 5.65. The highest BCUT2D eigenvalue weighted by Crippen LogP contribution is 2.16. The van der Waals surface area contributed by atoms with Gasteiger partial charge in [0.05, 0.1) is 19.0 Å². The molecule has 2 rings (SSSR count). The summed E-state index contributed by atoms with van der Waals surface area (Å²) in [5.41, 5.74) is 7.28. The molecule has 1 aromatic carbocycles. The third-order valence-electron chi connectivity index (χ3n) is 3.91. The Labute approximate surface area is 135 Å². The Hall–Kier alpha value is -2.41. The second-order valence-electron chi connectivity index (χ2n) is 5.65. The molecule has 1 atom stereocenters. The van der Waals surface area contributed by atoms with E-state index in [1.165, 1.54) is 0 Å². The standard InChI is InChI=1S/C16H22N4O3/c1-11-4-2-3-5-12(11)10-20-7-6-18-16(23)13(20)8-15(22)19-9-14(17)21/h2-5,13H,6-10H2,1H3,(H2,17,21)(H,18,23)(H,19,22)/t13-/m1/s1. The van der Waals surface area contributed by atoms with Gasteiger partial charge in [-0.05, 0) is 18.1 Å². The molecule has 0 bridgehead atoms. The van der Waals surface area contributed by atoms with Gasteiger partial charge in [-0.2, -0.15) is 0 Å². The fraction of sp³-hybridized carbons (Fsp3) is 0.438. The largest absolute Gasteiger partial charge is 0.368 e. The van der Waals surface area contributed by atoms with Gasteiger partial charge in [-0.3, -0.25) is 19.3 Å². The highest BCUT2D eigenvalue weighted by Gasteiger charge is 2.31. The van der Waals surface area contributed by atoms with Crippen molar-refractivity contribution in [3.05, 3.63) is 35.4 Å². The molecule has 0 radical (unpaired) electrons. The van der Waals surface area contributed by atoms with E-state index in [1.54, 1.807) is 0 Å². The number of piperazine rings is 1. The molecule has 0 saturated carbocycles. The Morgan fingerprint density at radius 3 is 2.83 bits per heavy atom. The van der Waals surface area contributed by atoms with Crippen LogP contribution in [0.15, 0.2) is 24.3 Å². The molecule has 1 heterocycles. The van der Waals surface area contributed by atoms with E-state index in [-0.39, 0.29) is 24.8 Å². The topological polar surface area (TPSA) is 105 Å². The number of nitrogens with two attached hydrogens (primary N) is 1. The first-order chi connectivity index (χ1) is 11.0. The van der Waals surface area contributed by atoms with Crippen LogP contribution in [0.25, 0.3) is 0 Å². The Morgan fingerprint density at radius 2 is 2.13 bits per heavy atom. The molecule has 1 aliphatic rings. The van der Waals surface area contributed by atoms with Gasteiger partial charge in [-0.25, -0.2) is 0 Å². The van der Waals surface area contributed by atoms with Crippen molar-refractivity contribution in [3.63, 3.8) is 0 Å². The number of carbonyl (C=O) groups excluding carboxylic acids is 3. The quantitative estimate of drug-likeness (QED) is 0.644. The molecule has 1 aromatic rings. The number of amides is 3. The molecular weight excluding hydrogens is 296 g/mol.